The Morgan fingerprint density at radius 2 is 2.18 bits per heavy atom. The Labute approximate surface area is 131 Å². The van der Waals surface area contributed by atoms with Crippen LogP contribution in [0, 0.1) is 12.8 Å². The minimum absolute atomic E-state index is 0.148. The van der Waals surface area contributed by atoms with Gasteiger partial charge in [-0.05, 0) is 32.4 Å². The van der Waals surface area contributed by atoms with Crippen molar-refractivity contribution in [1.29, 1.82) is 0 Å². The molecule has 1 N–H and O–H groups in total. The van der Waals surface area contributed by atoms with Crippen molar-refractivity contribution in [3.8, 4) is 5.75 Å². The number of amides is 2. The second-order valence-electron chi connectivity index (χ2n) is 6.07. The molecule has 2 rings (SSSR count). The topological polar surface area (TPSA) is 58.6 Å². The lowest BCUT2D eigenvalue weighted by Gasteiger charge is -2.21. The number of hydrogen-bond donors (Lipinski definition) is 1. The van der Waals surface area contributed by atoms with E-state index in [2.05, 4.69) is 5.32 Å². The molecule has 0 saturated carbocycles. The van der Waals surface area contributed by atoms with Gasteiger partial charge in [0.2, 0.25) is 5.91 Å². The Morgan fingerprint density at radius 1 is 1.45 bits per heavy atom. The average molecular weight is 304 g/mol. The van der Waals surface area contributed by atoms with Gasteiger partial charge in [-0.15, -0.1) is 0 Å². The molecule has 120 valence electrons. The SMILES string of the molecule is COc1cccc(C)c1C(=O)NC[C@H]1CC(=O)N(C(C)C)C1. The van der Waals surface area contributed by atoms with Gasteiger partial charge in [0.25, 0.3) is 5.91 Å². The molecule has 0 unspecified atom stereocenters. The molecule has 1 atom stereocenters. The van der Waals surface area contributed by atoms with E-state index in [4.69, 9.17) is 4.74 Å². The highest BCUT2D eigenvalue weighted by Crippen LogP contribution is 2.23. The van der Waals surface area contributed by atoms with Crippen LogP contribution in [0.2, 0.25) is 0 Å². The number of hydrogen-bond acceptors (Lipinski definition) is 3. The van der Waals surface area contributed by atoms with Crippen molar-refractivity contribution in [2.45, 2.75) is 33.2 Å². The zero-order chi connectivity index (χ0) is 16.3. The third-order valence-electron chi connectivity index (χ3n) is 4.09. The highest BCUT2D eigenvalue weighted by Gasteiger charge is 2.31. The van der Waals surface area contributed by atoms with Crippen molar-refractivity contribution in [3.63, 3.8) is 0 Å². The van der Waals surface area contributed by atoms with Gasteiger partial charge in [0, 0.05) is 31.5 Å². The fourth-order valence-electron chi connectivity index (χ4n) is 2.87. The Kier molecular flexibility index (Phi) is 5.06. The van der Waals surface area contributed by atoms with Crippen LogP contribution in [0.25, 0.3) is 0 Å². The summed E-state index contributed by atoms with van der Waals surface area (Å²) in [6.45, 7) is 7.12. The average Bonchev–Trinajstić information content (AvgIpc) is 2.85. The van der Waals surface area contributed by atoms with E-state index in [-0.39, 0.29) is 23.8 Å². The Bertz CT molecular complexity index is 569. The molecule has 0 aromatic heterocycles. The lowest BCUT2D eigenvalue weighted by atomic mass is 10.1. The van der Waals surface area contributed by atoms with Crippen molar-refractivity contribution in [2.75, 3.05) is 20.2 Å². The summed E-state index contributed by atoms with van der Waals surface area (Å²) < 4.78 is 5.26. The summed E-state index contributed by atoms with van der Waals surface area (Å²) >= 11 is 0. The van der Waals surface area contributed by atoms with Crippen molar-refractivity contribution in [2.24, 2.45) is 5.92 Å². The number of carbonyl (C=O) groups excluding carboxylic acids is 2. The van der Waals surface area contributed by atoms with E-state index >= 15 is 0 Å². The molecule has 0 aliphatic carbocycles. The molecule has 1 heterocycles. The molecule has 2 amide bonds. The van der Waals surface area contributed by atoms with E-state index < -0.39 is 0 Å². The molecule has 5 heteroatoms. The molecule has 1 aliphatic rings. The summed E-state index contributed by atoms with van der Waals surface area (Å²) in [4.78, 5) is 26.2. The molecule has 0 bridgehead atoms. The zero-order valence-electron chi connectivity index (χ0n) is 13.7. The highest BCUT2D eigenvalue weighted by atomic mass is 16.5. The molecule has 1 saturated heterocycles. The van der Waals surface area contributed by atoms with Crippen molar-refractivity contribution < 1.29 is 14.3 Å². The van der Waals surface area contributed by atoms with E-state index in [1.54, 1.807) is 13.2 Å². The predicted molar refractivity (Wildman–Crippen MR) is 85.0 cm³/mol. The number of ether oxygens (including phenoxy) is 1. The molecule has 5 nitrogen and oxygen atoms in total. The summed E-state index contributed by atoms with van der Waals surface area (Å²) in [7, 11) is 1.56. The quantitative estimate of drug-likeness (QED) is 0.905. The Morgan fingerprint density at radius 3 is 2.77 bits per heavy atom. The summed E-state index contributed by atoms with van der Waals surface area (Å²) in [6, 6.07) is 5.74. The molecule has 1 fully saturated rings. The number of aryl methyl sites for hydroxylation is 1. The van der Waals surface area contributed by atoms with Gasteiger partial charge in [0.05, 0.1) is 12.7 Å². The molecule has 1 aromatic rings. The number of nitrogens with one attached hydrogen (secondary N) is 1. The van der Waals surface area contributed by atoms with Gasteiger partial charge in [-0.3, -0.25) is 9.59 Å². The maximum absolute atomic E-state index is 12.4. The lowest BCUT2D eigenvalue weighted by molar-refractivity contribution is -0.129. The number of carbonyl (C=O) groups is 2. The third kappa shape index (κ3) is 3.40. The second-order valence-corrected chi connectivity index (χ2v) is 6.07. The van der Waals surface area contributed by atoms with E-state index in [0.717, 1.165) is 5.56 Å². The minimum atomic E-state index is -0.148. The number of rotatable bonds is 5. The van der Waals surface area contributed by atoms with Crippen LogP contribution in [0.4, 0.5) is 0 Å². The van der Waals surface area contributed by atoms with Gasteiger partial charge < -0.3 is 15.0 Å². The first-order chi connectivity index (χ1) is 10.4. The second kappa shape index (κ2) is 6.81. The first kappa shape index (κ1) is 16.3. The largest absolute Gasteiger partial charge is 0.496 e. The summed E-state index contributed by atoms with van der Waals surface area (Å²) in [6.07, 6.45) is 0.503. The molecule has 1 aliphatic heterocycles. The fourth-order valence-corrected chi connectivity index (χ4v) is 2.87. The maximum Gasteiger partial charge on any atom is 0.255 e. The number of benzene rings is 1. The number of likely N-dealkylation sites (tertiary alicyclic amines) is 1. The normalized spacial score (nSPS) is 18.0. The fraction of sp³-hybridized carbons (Fsp3) is 0.529. The summed E-state index contributed by atoms with van der Waals surface area (Å²) in [5.74, 6) is 0.769. The third-order valence-corrected chi connectivity index (χ3v) is 4.09. The first-order valence-corrected chi connectivity index (χ1v) is 7.65. The highest BCUT2D eigenvalue weighted by molar-refractivity contribution is 5.98. The van der Waals surface area contributed by atoms with Gasteiger partial charge in [0.1, 0.15) is 5.75 Å². The summed E-state index contributed by atoms with van der Waals surface area (Å²) in [5.41, 5.74) is 1.44. The standard InChI is InChI=1S/C17H24N2O3/c1-11(2)19-10-13(8-15(19)20)9-18-17(21)16-12(3)6-5-7-14(16)22-4/h5-7,11,13H,8-10H2,1-4H3,(H,18,21)/t13-/m1/s1. The van der Waals surface area contributed by atoms with E-state index in [1.165, 1.54) is 0 Å². The van der Waals surface area contributed by atoms with Gasteiger partial charge in [-0.25, -0.2) is 0 Å². The van der Waals surface area contributed by atoms with E-state index in [9.17, 15) is 9.59 Å². The smallest absolute Gasteiger partial charge is 0.255 e. The minimum Gasteiger partial charge on any atom is -0.496 e. The van der Waals surface area contributed by atoms with Crippen molar-refractivity contribution >= 4 is 11.8 Å². The van der Waals surface area contributed by atoms with Gasteiger partial charge >= 0.3 is 0 Å². The number of methoxy groups -OCH3 is 1. The molecule has 0 radical (unpaired) electrons. The van der Waals surface area contributed by atoms with Crippen LogP contribution in [-0.4, -0.2) is 43.0 Å². The molecular weight excluding hydrogens is 280 g/mol. The van der Waals surface area contributed by atoms with Crippen molar-refractivity contribution in [3.05, 3.63) is 29.3 Å². The maximum atomic E-state index is 12.4. The van der Waals surface area contributed by atoms with Crippen LogP contribution in [0.3, 0.4) is 0 Å². The van der Waals surface area contributed by atoms with Gasteiger partial charge in [-0.2, -0.15) is 0 Å². The van der Waals surface area contributed by atoms with Gasteiger partial charge in [-0.1, -0.05) is 12.1 Å². The van der Waals surface area contributed by atoms with Crippen LogP contribution in [0.1, 0.15) is 36.2 Å². The molecule has 22 heavy (non-hydrogen) atoms. The molecule has 0 spiro atoms. The van der Waals surface area contributed by atoms with Crippen LogP contribution in [-0.2, 0) is 4.79 Å². The lowest BCUT2D eigenvalue weighted by Crippen LogP contribution is -2.34. The zero-order valence-corrected chi connectivity index (χ0v) is 13.7. The predicted octanol–water partition coefficient (Wildman–Crippen LogP) is 1.99. The van der Waals surface area contributed by atoms with Gasteiger partial charge in [0.15, 0.2) is 0 Å². The van der Waals surface area contributed by atoms with Crippen LogP contribution in [0.5, 0.6) is 5.75 Å². The molecule has 1 aromatic carbocycles. The Balaban J connectivity index is 1.99. The van der Waals surface area contributed by atoms with E-state index in [0.29, 0.717) is 30.8 Å². The van der Waals surface area contributed by atoms with Crippen LogP contribution < -0.4 is 10.1 Å². The first-order valence-electron chi connectivity index (χ1n) is 7.65. The van der Waals surface area contributed by atoms with E-state index in [1.807, 2.05) is 37.8 Å². The van der Waals surface area contributed by atoms with Crippen molar-refractivity contribution in [1.82, 2.24) is 10.2 Å². The molecular formula is C17H24N2O3. The monoisotopic (exact) mass is 304 g/mol. The van der Waals surface area contributed by atoms with Crippen LogP contribution >= 0.6 is 0 Å². The Hall–Kier alpha value is -2.04. The summed E-state index contributed by atoms with van der Waals surface area (Å²) in [5, 5.41) is 2.94. The number of nitrogens with zero attached hydrogens (tertiary/aromatic N) is 1. The van der Waals surface area contributed by atoms with Crippen LogP contribution in [0.15, 0.2) is 18.2 Å².